The molecular weight excluding hydrogens is 434 g/mol. The van der Waals surface area contributed by atoms with Crippen LogP contribution in [0.3, 0.4) is 0 Å². The van der Waals surface area contributed by atoms with E-state index < -0.39 is 42.4 Å². The molecule has 178 valence electrons. The maximum Gasteiger partial charge on any atom is 0.303 e. The van der Waals surface area contributed by atoms with Crippen molar-refractivity contribution in [3.63, 3.8) is 0 Å². The summed E-state index contributed by atoms with van der Waals surface area (Å²) in [5, 5.41) is 0. The Labute approximate surface area is 190 Å². The highest BCUT2D eigenvalue weighted by Crippen LogP contribution is 2.36. The van der Waals surface area contributed by atoms with Crippen molar-refractivity contribution in [3.8, 4) is 0 Å². The van der Waals surface area contributed by atoms with Crippen LogP contribution < -0.4 is 4.90 Å². The molecule has 2 unspecified atom stereocenters. The molecule has 2 aliphatic rings. The smallest absolute Gasteiger partial charge is 0.303 e. The van der Waals surface area contributed by atoms with Crippen molar-refractivity contribution >= 4 is 34.9 Å². The number of piperidine rings is 1. The van der Waals surface area contributed by atoms with E-state index in [4.69, 9.17) is 18.9 Å². The predicted molar refractivity (Wildman–Crippen MR) is 113 cm³/mol. The number of ether oxygens (including phenoxy) is 4. The molecule has 0 amide bonds. The third kappa shape index (κ3) is 4.90. The lowest BCUT2D eigenvalue weighted by Crippen LogP contribution is -2.40. The molecular formula is C21H27N5O7. The highest BCUT2D eigenvalue weighted by Gasteiger charge is 2.51. The number of carbonyl (C=O) groups is 3. The lowest BCUT2D eigenvalue weighted by molar-refractivity contribution is -0.166. The first-order valence-electron chi connectivity index (χ1n) is 10.9. The van der Waals surface area contributed by atoms with Gasteiger partial charge in [0.1, 0.15) is 19.0 Å². The van der Waals surface area contributed by atoms with Crippen LogP contribution >= 0.6 is 0 Å². The number of imidazole rings is 1. The quantitative estimate of drug-likeness (QED) is 0.452. The van der Waals surface area contributed by atoms with Crippen molar-refractivity contribution in [2.75, 3.05) is 24.6 Å². The Balaban J connectivity index is 1.71. The minimum absolute atomic E-state index is 0.178. The summed E-state index contributed by atoms with van der Waals surface area (Å²) in [4.78, 5) is 50.5. The molecule has 4 rings (SSSR count). The Kier molecular flexibility index (Phi) is 6.72. The van der Waals surface area contributed by atoms with Gasteiger partial charge in [-0.05, 0) is 19.3 Å². The average Bonchev–Trinajstić information content (AvgIpc) is 3.34. The third-order valence-corrected chi connectivity index (χ3v) is 5.61. The van der Waals surface area contributed by atoms with Crippen LogP contribution in [0, 0.1) is 0 Å². The zero-order valence-electron chi connectivity index (χ0n) is 18.8. The number of hydrogen-bond acceptors (Lipinski definition) is 11. The lowest BCUT2D eigenvalue weighted by Gasteiger charge is -2.27. The minimum atomic E-state index is -1.00. The second-order valence-corrected chi connectivity index (χ2v) is 8.08. The molecule has 0 spiro atoms. The molecule has 0 radical (unpaired) electrons. The number of rotatable bonds is 6. The fourth-order valence-corrected chi connectivity index (χ4v) is 4.28. The molecule has 2 aromatic heterocycles. The van der Waals surface area contributed by atoms with E-state index in [0.29, 0.717) is 11.2 Å². The SMILES string of the molecule is CC(=O)OC[C@H]1O[C@@H](n2cnc3c(N4CCCCC4)ncnc32)C(OC(C)=O)C1OC(C)=O. The second kappa shape index (κ2) is 9.69. The van der Waals surface area contributed by atoms with Crippen molar-refractivity contribution in [2.24, 2.45) is 0 Å². The monoisotopic (exact) mass is 461 g/mol. The van der Waals surface area contributed by atoms with Crippen LogP contribution in [-0.2, 0) is 33.3 Å². The third-order valence-electron chi connectivity index (χ3n) is 5.61. The zero-order valence-corrected chi connectivity index (χ0v) is 18.8. The van der Waals surface area contributed by atoms with Crippen LogP contribution in [0.5, 0.6) is 0 Å². The van der Waals surface area contributed by atoms with Crippen molar-refractivity contribution in [1.82, 2.24) is 19.5 Å². The Morgan fingerprint density at radius 3 is 2.33 bits per heavy atom. The summed E-state index contributed by atoms with van der Waals surface area (Å²) < 4.78 is 23.7. The van der Waals surface area contributed by atoms with Crippen LogP contribution in [-0.4, -0.2) is 75.4 Å². The summed E-state index contributed by atoms with van der Waals surface area (Å²) >= 11 is 0. The summed E-state index contributed by atoms with van der Waals surface area (Å²) in [6.07, 6.45) is 2.58. The van der Waals surface area contributed by atoms with Gasteiger partial charge in [-0.15, -0.1) is 0 Å². The number of esters is 3. The van der Waals surface area contributed by atoms with Gasteiger partial charge in [0.25, 0.3) is 0 Å². The molecule has 0 saturated carbocycles. The summed E-state index contributed by atoms with van der Waals surface area (Å²) in [6.45, 7) is 5.35. The van der Waals surface area contributed by atoms with Gasteiger partial charge in [0, 0.05) is 33.9 Å². The average molecular weight is 461 g/mol. The van der Waals surface area contributed by atoms with E-state index in [1.807, 2.05) is 0 Å². The minimum Gasteiger partial charge on any atom is -0.463 e. The molecule has 33 heavy (non-hydrogen) atoms. The van der Waals surface area contributed by atoms with Gasteiger partial charge in [0.05, 0.1) is 6.33 Å². The Hall–Kier alpha value is -3.28. The maximum atomic E-state index is 11.9. The number of anilines is 1. The Morgan fingerprint density at radius 2 is 1.67 bits per heavy atom. The topological polar surface area (TPSA) is 135 Å². The molecule has 2 aromatic rings. The molecule has 4 atom stereocenters. The maximum absolute atomic E-state index is 11.9. The van der Waals surface area contributed by atoms with Gasteiger partial charge in [-0.1, -0.05) is 0 Å². The number of carbonyl (C=O) groups excluding carboxylic acids is 3. The number of hydrogen-bond donors (Lipinski definition) is 0. The molecule has 0 bridgehead atoms. The summed E-state index contributed by atoms with van der Waals surface area (Å²) in [7, 11) is 0. The van der Waals surface area contributed by atoms with E-state index in [1.54, 1.807) is 4.57 Å². The van der Waals surface area contributed by atoms with E-state index in [-0.39, 0.29) is 6.61 Å². The predicted octanol–water partition coefficient (Wildman–Crippen LogP) is 1.14. The van der Waals surface area contributed by atoms with Gasteiger partial charge >= 0.3 is 17.9 Å². The number of aromatic nitrogens is 4. The van der Waals surface area contributed by atoms with Gasteiger partial charge in [0.15, 0.2) is 35.4 Å². The van der Waals surface area contributed by atoms with Gasteiger partial charge < -0.3 is 23.8 Å². The first-order valence-corrected chi connectivity index (χ1v) is 10.9. The van der Waals surface area contributed by atoms with Crippen molar-refractivity contribution < 1.29 is 33.3 Å². The van der Waals surface area contributed by atoms with Gasteiger partial charge in [-0.2, -0.15) is 0 Å². The van der Waals surface area contributed by atoms with Crippen LogP contribution in [0.4, 0.5) is 5.82 Å². The van der Waals surface area contributed by atoms with E-state index in [2.05, 4.69) is 19.9 Å². The van der Waals surface area contributed by atoms with E-state index in [1.165, 1.54) is 39.8 Å². The standard InChI is InChI=1S/C21H27N5O7/c1-12(27)30-9-15-17(31-13(2)28)18(32-14(3)29)21(33-15)26-11-24-16-19(22-10-23-20(16)26)25-7-5-4-6-8-25/h10-11,15,17-18,21H,4-9H2,1-3H3/t15-,17?,18?,21-/m1/s1. The molecule has 2 fully saturated rings. The summed E-state index contributed by atoms with van der Waals surface area (Å²) in [6, 6.07) is 0. The molecule has 2 saturated heterocycles. The number of nitrogens with zero attached hydrogens (tertiary/aromatic N) is 5. The Morgan fingerprint density at radius 1 is 0.970 bits per heavy atom. The molecule has 2 aliphatic heterocycles. The highest BCUT2D eigenvalue weighted by atomic mass is 16.7. The van der Waals surface area contributed by atoms with E-state index >= 15 is 0 Å². The van der Waals surface area contributed by atoms with Crippen molar-refractivity contribution in [2.45, 2.75) is 64.6 Å². The van der Waals surface area contributed by atoms with Crippen molar-refractivity contribution in [1.29, 1.82) is 0 Å². The molecule has 0 aliphatic carbocycles. The largest absolute Gasteiger partial charge is 0.463 e. The van der Waals surface area contributed by atoms with E-state index in [0.717, 1.165) is 31.7 Å². The molecule has 0 aromatic carbocycles. The van der Waals surface area contributed by atoms with Crippen LogP contribution in [0.15, 0.2) is 12.7 Å². The van der Waals surface area contributed by atoms with E-state index in [9.17, 15) is 14.4 Å². The van der Waals surface area contributed by atoms with Crippen LogP contribution in [0.25, 0.3) is 11.2 Å². The van der Waals surface area contributed by atoms with Crippen LogP contribution in [0.2, 0.25) is 0 Å². The molecule has 4 heterocycles. The second-order valence-electron chi connectivity index (χ2n) is 8.08. The van der Waals surface area contributed by atoms with Gasteiger partial charge in [-0.3, -0.25) is 19.0 Å². The molecule has 0 N–H and O–H groups in total. The molecule has 12 heteroatoms. The van der Waals surface area contributed by atoms with Gasteiger partial charge in [0.2, 0.25) is 0 Å². The highest BCUT2D eigenvalue weighted by molar-refractivity contribution is 5.83. The Bertz CT molecular complexity index is 1040. The fraction of sp³-hybridized carbons (Fsp3) is 0.619. The lowest BCUT2D eigenvalue weighted by atomic mass is 10.1. The van der Waals surface area contributed by atoms with Crippen LogP contribution in [0.1, 0.15) is 46.3 Å². The fourth-order valence-electron chi connectivity index (χ4n) is 4.28. The first-order chi connectivity index (χ1) is 15.8. The summed E-state index contributed by atoms with van der Waals surface area (Å²) in [5.41, 5.74) is 1.08. The normalized spacial score (nSPS) is 25.1. The van der Waals surface area contributed by atoms with Crippen molar-refractivity contribution in [3.05, 3.63) is 12.7 Å². The zero-order chi connectivity index (χ0) is 23.5. The molecule has 12 nitrogen and oxygen atoms in total. The first kappa shape index (κ1) is 22.9. The van der Waals surface area contributed by atoms with Gasteiger partial charge in [-0.25, -0.2) is 15.0 Å². The summed E-state index contributed by atoms with van der Waals surface area (Å²) in [5.74, 6) is -0.945. The number of fused-ring (bicyclic) bond motifs is 1.